The highest BCUT2D eigenvalue weighted by atomic mass is 28.3. The highest BCUT2D eigenvalue weighted by Crippen LogP contribution is 1.87. The number of carboxylic acid groups (broad SMARTS) is 1. The lowest BCUT2D eigenvalue weighted by atomic mass is 10.3. The minimum atomic E-state index is -1.67. The number of aliphatic carboxylic acids is 1. The number of rotatable bonds is 4. The van der Waals surface area contributed by atoms with E-state index >= 15 is 0 Å². The van der Waals surface area contributed by atoms with E-state index < -0.39 is 15.5 Å². The standard InChI is InChI=1S/C5H8O2.C3H10O3Si/c1-3-4(2)5(6)7;1-4-7(5-2)6-3/h3H,1-2H3,(H,6,7);7H,1-3H3. The molecule has 0 amide bonds. The van der Waals surface area contributed by atoms with Gasteiger partial charge in [-0.3, -0.25) is 0 Å². The van der Waals surface area contributed by atoms with Gasteiger partial charge in [0.15, 0.2) is 0 Å². The molecule has 0 rings (SSSR count). The summed E-state index contributed by atoms with van der Waals surface area (Å²) in [6.07, 6.45) is 1.56. The van der Waals surface area contributed by atoms with Crippen molar-refractivity contribution >= 4 is 15.5 Å². The molecule has 0 saturated carbocycles. The van der Waals surface area contributed by atoms with Crippen LogP contribution < -0.4 is 0 Å². The van der Waals surface area contributed by atoms with E-state index in [0.717, 1.165) is 0 Å². The average molecular weight is 222 g/mol. The van der Waals surface area contributed by atoms with E-state index in [4.69, 9.17) is 18.4 Å². The van der Waals surface area contributed by atoms with Crippen LogP contribution in [0.25, 0.3) is 0 Å². The van der Waals surface area contributed by atoms with Crippen LogP contribution in [0, 0.1) is 0 Å². The largest absolute Gasteiger partial charge is 0.483 e. The lowest BCUT2D eigenvalue weighted by Crippen LogP contribution is -2.21. The first-order valence-corrected chi connectivity index (χ1v) is 5.39. The molecule has 0 heterocycles. The highest BCUT2D eigenvalue weighted by Gasteiger charge is 2.04. The molecule has 0 bridgehead atoms. The molecule has 0 aromatic carbocycles. The van der Waals surface area contributed by atoms with Crippen LogP contribution in [-0.2, 0) is 18.1 Å². The van der Waals surface area contributed by atoms with E-state index in [9.17, 15) is 4.79 Å². The average Bonchev–Trinajstić information content (AvgIpc) is 2.20. The van der Waals surface area contributed by atoms with Crippen molar-refractivity contribution in [3.63, 3.8) is 0 Å². The smallest absolute Gasteiger partial charge is 0.478 e. The third-order valence-corrected chi connectivity index (χ3v) is 2.50. The number of carbonyl (C=O) groups is 1. The van der Waals surface area contributed by atoms with Crippen LogP contribution in [0.4, 0.5) is 0 Å². The molecule has 1 N–H and O–H groups in total. The Morgan fingerprint density at radius 1 is 1.21 bits per heavy atom. The van der Waals surface area contributed by atoms with E-state index in [1.807, 2.05) is 0 Å². The number of hydrogen-bond donors (Lipinski definition) is 1. The Morgan fingerprint density at radius 2 is 1.57 bits per heavy atom. The minimum Gasteiger partial charge on any atom is -0.478 e. The van der Waals surface area contributed by atoms with Crippen molar-refractivity contribution in [2.24, 2.45) is 0 Å². The summed E-state index contributed by atoms with van der Waals surface area (Å²) in [4.78, 5) is 9.86. The third kappa shape index (κ3) is 9.40. The highest BCUT2D eigenvalue weighted by molar-refractivity contribution is 6.36. The predicted octanol–water partition coefficient (Wildman–Crippen LogP) is 0.680. The summed E-state index contributed by atoms with van der Waals surface area (Å²) in [6.45, 7) is 3.26. The molecule has 84 valence electrons. The van der Waals surface area contributed by atoms with Crippen LogP contribution >= 0.6 is 0 Å². The van der Waals surface area contributed by atoms with Gasteiger partial charge in [-0.25, -0.2) is 4.79 Å². The topological polar surface area (TPSA) is 65.0 Å². The van der Waals surface area contributed by atoms with Crippen LogP contribution in [0.15, 0.2) is 11.6 Å². The van der Waals surface area contributed by atoms with Gasteiger partial charge < -0.3 is 18.4 Å². The number of carboxylic acids is 1. The summed E-state index contributed by atoms with van der Waals surface area (Å²) in [7, 11) is 3.05. The fraction of sp³-hybridized carbons (Fsp3) is 0.625. The van der Waals surface area contributed by atoms with Crippen LogP contribution in [0.1, 0.15) is 13.8 Å². The molecular weight excluding hydrogens is 204 g/mol. The number of hydrogen-bond acceptors (Lipinski definition) is 4. The molecule has 0 aliphatic rings. The second-order valence-electron chi connectivity index (χ2n) is 2.27. The maximum Gasteiger partial charge on any atom is 0.483 e. The zero-order valence-electron chi connectivity index (χ0n) is 9.23. The van der Waals surface area contributed by atoms with Crippen molar-refractivity contribution in [1.29, 1.82) is 0 Å². The lowest BCUT2D eigenvalue weighted by molar-refractivity contribution is -0.132. The Hall–Kier alpha value is -0.693. The van der Waals surface area contributed by atoms with Gasteiger partial charge in [0.1, 0.15) is 0 Å². The van der Waals surface area contributed by atoms with E-state index in [1.54, 1.807) is 41.3 Å². The lowest BCUT2D eigenvalue weighted by Gasteiger charge is -2.05. The van der Waals surface area contributed by atoms with Crippen molar-refractivity contribution in [3.05, 3.63) is 11.6 Å². The normalized spacial score (nSPS) is 10.9. The Morgan fingerprint density at radius 3 is 1.57 bits per heavy atom. The van der Waals surface area contributed by atoms with Gasteiger partial charge in [0.25, 0.3) is 0 Å². The van der Waals surface area contributed by atoms with Gasteiger partial charge in [-0.05, 0) is 13.8 Å². The summed E-state index contributed by atoms with van der Waals surface area (Å²) in [5.74, 6) is -0.845. The van der Waals surface area contributed by atoms with Crippen LogP contribution in [-0.4, -0.2) is 41.9 Å². The second-order valence-corrected chi connectivity index (χ2v) is 4.26. The van der Waals surface area contributed by atoms with Gasteiger partial charge in [0.05, 0.1) is 0 Å². The molecule has 0 unspecified atom stereocenters. The molecule has 0 radical (unpaired) electrons. The molecule has 0 spiro atoms. The van der Waals surface area contributed by atoms with Crippen LogP contribution in [0.3, 0.4) is 0 Å². The first-order chi connectivity index (χ1) is 6.53. The van der Waals surface area contributed by atoms with Crippen molar-refractivity contribution in [3.8, 4) is 0 Å². The molecular formula is C8H18O5Si. The van der Waals surface area contributed by atoms with E-state index in [0.29, 0.717) is 5.57 Å². The van der Waals surface area contributed by atoms with E-state index in [-0.39, 0.29) is 0 Å². The second kappa shape index (κ2) is 10.4. The fourth-order valence-electron chi connectivity index (χ4n) is 0.412. The zero-order valence-corrected chi connectivity index (χ0v) is 10.4. The van der Waals surface area contributed by atoms with Gasteiger partial charge in [0.2, 0.25) is 0 Å². The number of allylic oxidation sites excluding steroid dienone is 1. The molecule has 14 heavy (non-hydrogen) atoms. The quantitative estimate of drug-likeness (QED) is 0.560. The van der Waals surface area contributed by atoms with Crippen LogP contribution in [0.2, 0.25) is 0 Å². The Labute approximate surface area is 86.3 Å². The predicted molar refractivity (Wildman–Crippen MR) is 55.2 cm³/mol. The summed E-state index contributed by atoms with van der Waals surface area (Å²) >= 11 is 0. The summed E-state index contributed by atoms with van der Waals surface area (Å²) < 4.78 is 14.2. The van der Waals surface area contributed by atoms with Crippen molar-refractivity contribution in [2.75, 3.05) is 21.3 Å². The van der Waals surface area contributed by atoms with E-state index in [1.165, 1.54) is 0 Å². The summed E-state index contributed by atoms with van der Waals surface area (Å²) in [6, 6.07) is 0. The Bertz CT molecular complexity index is 171. The van der Waals surface area contributed by atoms with Crippen molar-refractivity contribution in [2.45, 2.75) is 13.8 Å². The third-order valence-electron chi connectivity index (χ3n) is 1.35. The minimum absolute atomic E-state index is 0.389. The molecule has 6 heteroatoms. The Kier molecular flexibility index (Phi) is 11.7. The molecule has 0 saturated heterocycles. The van der Waals surface area contributed by atoms with Crippen molar-refractivity contribution in [1.82, 2.24) is 0 Å². The van der Waals surface area contributed by atoms with Gasteiger partial charge in [-0.1, -0.05) is 6.08 Å². The van der Waals surface area contributed by atoms with Gasteiger partial charge in [-0.15, -0.1) is 0 Å². The molecule has 0 aliphatic heterocycles. The summed E-state index contributed by atoms with van der Waals surface area (Å²) in [5.41, 5.74) is 0.389. The first kappa shape index (κ1) is 15.8. The van der Waals surface area contributed by atoms with Gasteiger partial charge in [0, 0.05) is 26.9 Å². The summed E-state index contributed by atoms with van der Waals surface area (Å²) in [5, 5.41) is 8.11. The molecule has 0 fully saturated rings. The maximum absolute atomic E-state index is 9.86. The van der Waals surface area contributed by atoms with Gasteiger partial charge in [-0.2, -0.15) is 0 Å². The van der Waals surface area contributed by atoms with Gasteiger partial charge >= 0.3 is 15.5 Å². The van der Waals surface area contributed by atoms with E-state index in [2.05, 4.69) is 0 Å². The molecule has 5 nitrogen and oxygen atoms in total. The molecule has 0 atom stereocenters. The van der Waals surface area contributed by atoms with Crippen LogP contribution in [0.5, 0.6) is 0 Å². The Balaban J connectivity index is 0. The molecule has 0 aliphatic carbocycles. The molecule has 0 aromatic heterocycles. The monoisotopic (exact) mass is 222 g/mol. The zero-order chi connectivity index (χ0) is 11.6. The maximum atomic E-state index is 9.86. The molecule has 0 aromatic rings. The first-order valence-electron chi connectivity index (χ1n) is 3.98. The fourth-order valence-corrected chi connectivity index (χ4v) is 0.990. The van der Waals surface area contributed by atoms with Crippen molar-refractivity contribution < 1.29 is 23.2 Å². The SMILES string of the molecule is CC=C(C)C(=O)O.CO[SiH](OC)OC.